The van der Waals surface area contributed by atoms with E-state index in [0.29, 0.717) is 5.56 Å². The Kier molecular flexibility index (Phi) is 3.72. The fourth-order valence-electron chi connectivity index (χ4n) is 1.70. The maximum absolute atomic E-state index is 8.92. The largest absolute Gasteiger partial charge is 0.399 e. The molecule has 0 spiro atoms. The SMILES string of the molecule is CON=C(c1ccccc1)c1cccc(C#N)c1. The molecule has 0 radical (unpaired) electrons. The lowest BCUT2D eigenvalue weighted by atomic mass is 10.0. The zero-order chi connectivity index (χ0) is 12.8. The average Bonchev–Trinajstić information content (AvgIpc) is 2.46. The normalized spacial score (nSPS) is 10.8. The topological polar surface area (TPSA) is 45.4 Å². The first kappa shape index (κ1) is 11.9. The lowest BCUT2D eigenvalue weighted by Gasteiger charge is -2.06. The molecular formula is C15H12N2O. The molecule has 0 aliphatic carbocycles. The minimum Gasteiger partial charge on any atom is -0.399 e. The van der Waals surface area contributed by atoms with Crippen LogP contribution in [0.3, 0.4) is 0 Å². The summed E-state index contributed by atoms with van der Waals surface area (Å²) in [6, 6.07) is 19.2. The number of rotatable bonds is 3. The predicted molar refractivity (Wildman–Crippen MR) is 70.2 cm³/mol. The van der Waals surface area contributed by atoms with Crippen LogP contribution in [0.5, 0.6) is 0 Å². The van der Waals surface area contributed by atoms with Gasteiger partial charge in [-0.2, -0.15) is 5.26 Å². The molecule has 3 heteroatoms. The molecule has 0 bridgehead atoms. The minimum absolute atomic E-state index is 0.604. The zero-order valence-electron chi connectivity index (χ0n) is 10.00. The van der Waals surface area contributed by atoms with Crippen molar-refractivity contribution in [3.8, 4) is 6.07 Å². The number of hydrogen-bond donors (Lipinski definition) is 0. The van der Waals surface area contributed by atoms with Crippen molar-refractivity contribution in [3.63, 3.8) is 0 Å². The second kappa shape index (κ2) is 5.65. The molecule has 2 rings (SSSR count). The number of hydrogen-bond acceptors (Lipinski definition) is 3. The lowest BCUT2D eigenvalue weighted by molar-refractivity contribution is 0.214. The number of nitriles is 1. The zero-order valence-corrected chi connectivity index (χ0v) is 10.00. The first-order valence-corrected chi connectivity index (χ1v) is 5.52. The van der Waals surface area contributed by atoms with E-state index in [4.69, 9.17) is 10.1 Å². The van der Waals surface area contributed by atoms with Gasteiger partial charge in [0.15, 0.2) is 0 Å². The van der Waals surface area contributed by atoms with Crippen molar-refractivity contribution in [1.29, 1.82) is 5.26 Å². The highest BCUT2D eigenvalue weighted by Gasteiger charge is 2.08. The maximum atomic E-state index is 8.92. The minimum atomic E-state index is 0.604. The smallest absolute Gasteiger partial charge is 0.117 e. The van der Waals surface area contributed by atoms with Gasteiger partial charge in [0, 0.05) is 11.1 Å². The quantitative estimate of drug-likeness (QED) is 0.607. The Hall–Kier alpha value is -2.60. The summed E-state index contributed by atoms with van der Waals surface area (Å²) in [4.78, 5) is 4.89. The van der Waals surface area contributed by atoms with E-state index in [2.05, 4.69) is 11.2 Å². The van der Waals surface area contributed by atoms with E-state index >= 15 is 0 Å². The molecule has 0 fully saturated rings. The summed E-state index contributed by atoms with van der Waals surface area (Å²) in [6.07, 6.45) is 0. The van der Waals surface area contributed by atoms with Crippen molar-refractivity contribution in [2.24, 2.45) is 5.16 Å². The Balaban J connectivity index is 2.50. The number of oxime groups is 1. The molecule has 0 atom stereocenters. The van der Waals surface area contributed by atoms with Crippen LogP contribution in [0.4, 0.5) is 0 Å². The number of nitrogens with zero attached hydrogens (tertiary/aromatic N) is 2. The Morgan fingerprint density at radius 2 is 1.78 bits per heavy atom. The van der Waals surface area contributed by atoms with Crippen molar-refractivity contribution < 1.29 is 4.84 Å². The summed E-state index contributed by atoms with van der Waals surface area (Å²) in [5.41, 5.74) is 3.14. The van der Waals surface area contributed by atoms with Gasteiger partial charge < -0.3 is 4.84 Å². The van der Waals surface area contributed by atoms with E-state index in [1.54, 1.807) is 12.1 Å². The van der Waals surface area contributed by atoms with Crippen LogP contribution < -0.4 is 0 Å². The van der Waals surface area contributed by atoms with E-state index in [0.717, 1.165) is 16.8 Å². The Morgan fingerprint density at radius 1 is 1.06 bits per heavy atom. The molecule has 0 N–H and O–H groups in total. The Bertz CT molecular complexity index is 597. The van der Waals surface area contributed by atoms with Crippen molar-refractivity contribution in [3.05, 3.63) is 71.3 Å². The molecule has 2 aromatic carbocycles. The van der Waals surface area contributed by atoms with Gasteiger partial charge in [-0.1, -0.05) is 47.6 Å². The molecule has 0 amide bonds. The van der Waals surface area contributed by atoms with E-state index < -0.39 is 0 Å². The van der Waals surface area contributed by atoms with Gasteiger partial charge in [-0.15, -0.1) is 0 Å². The molecule has 18 heavy (non-hydrogen) atoms. The molecule has 0 aliphatic rings. The fourth-order valence-corrected chi connectivity index (χ4v) is 1.70. The van der Waals surface area contributed by atoms with Gasteiger partial charge in [-0.05, 0) is 12.1 Å². The van der Waals surface area contributed by atoms with Crippen LogP contribution in [0.1, 0.15) is 16.7 Å². The summed E-state index contributed by atoms with van der Waals surface area (Å²) in [5.74, 6) is 0. The molecule has 0 saturated heterocycles. The van der Waals surface area contributed by atoms with Crippen molar-refractivity contribution in [1.82, 2.24) is 0 Å². The van der Waals surface area contributed by atoms with Crippen LogP contribution in [-0.2, 0) is 4.84 Å². The van der Waals surface area contributed by atoms with Gasteiger partial charge in [0.1, 0.15) is 12.8 Å². The average molecular weight is 236 g/mol. The first-order chi connectivity index (χ1) is 8.85. The first-order valence-electron chi connectivity index (χ1n) is 5.52. The lowest BCUT2D eigenvalue weighted by Crippen LogP contribution is -2.04. The van der Waals surface area contributed by atoms with Crippen LogP contribution >= 0.6 is 0 Å². The van der Waals surface area contributed by atoms with Gasteiger partial charge in [0.25, 0.3) is 0 Å². The van der Waals surface area contributed by atoms with Crippen molar-refractivity contribution in [2.45, 2.75) is 0 Å². The van der Waals surface area contributed by atoms with Gasteiger partial charge in [-0.25, -0.2) is 0 Å². The van der Waals surface area contributed by atoms with Crippen LogP contribution in [-0.4, -0.2) is 12.8 Å². The summed E-state index contributed by atoms with van der Waals surface area (Å²) in [5, 5.41) is 13.0. The third kappa shape index (κ3) is 2.55. The Morgan fingerprint density at radius 3 is 2.44 bits per heavy atom. The monoisotopic (exact) mass is 236 g/mol. The summed E-state index contributed by atoms with van der Waals surface area (Å²) in [7, 11) is 1.51. The van der Waals surface area contributed by atoms with Crippen LogP contribution in [0.25, 0.3) is 0 Å². The van der Waals surface area contributed by atoms with Gasteiger partial charge in [0.2, 0.25) is 0 Å². The van der Waals surface area contributed by atoms with Crippen molar-refractivity contribution in [2.75, 3.05) is 7.11 Å². The molecule has 0 saturated carbocycles. The number of benzene rings is 2. The third-order valence-corrected chi connectivity index (χ3v) is 2.49. The Labute approximate surface area is 106 Å². The fraction of sp³-hybridized carbons (Fsp3) is 0.0667. The highest BCUT2D eigenvalue weighted by molar-refractivity contribution is 6.12. The van der Waals surface area contributed by atoms with Gasteiger partial charge >= 0.3 is 0 Å². The highest BCUT2D eigenvalue weighted by Crippen LogP contribution is 2.12. The second-order valence-electron chi connectivity index (χ2n) is 3.68. The maximum Gasteiger partial charge on any atom is 0.117 e. The molecular weight excluding hydrogens is 224 g/mol. The molecule has 3 nitrogen and oxygen atoms in total. The van der Waals surface area contributed by atoms with Crippen molar-refractivity contribution >= 4 is 5.71 Å². The molecule has 88 valence electrons. The molecule has 0 aromatic heterocycles. The predicted octanol–water partition coefficient (Wildman–Crippen LogP) is 2.96. The van der Waals surface area contributed by atoms with E-state index in [9.17, 15) is 0 Å². The van der Waals surface area contributed by atoms with Gasteiger partial charge in [-0.3, -0.25) is 0 Å². The second-order valence-corrected chi connectivity index (χ2v) is 3.68. The molecule has 0 unspecified atom stereocenters. The summed E-state index contributed by atoms with van der Waals surface area (Å²) < 4.78 is 0. The standard InChI is InChI=1S/C15H12N2O/c1-18-17-15(13-7-3-2-4-8-13)14-9-5-6-12(10-14)11-16/h2-10H,1H3. The molecule has 2 aromatic rings. The van der Waals surface area contributed by atoms with E-state index in [-0.39, 0.29) is 0 Å². The third-order valence-electron chi connectivity index (χ3n) is 2.49. The van der Waals surface area contributed by atoms with Crippen LogP contribution in [0.2, 0.25) is 0 Å². The summed E-state index contributed by atoms with van der Waals surface area (Å²) in [6.45, 7) is 0. The van der Waals surface area contributed by atoms with E-state index in [1.807, 2.05) is 42.5 Å². The van der Waals surface area contributed by atoms with Gasteiger partial charge in [0.05, 0.1) is 11.6 Å². The van der Waals surface area contributed by atoms with E-state index in [1.165, 1.54) is 7.11 Å². The van der Waals surface area contributed by atoms with Crippen LogP contribution in [0, 0.1) is 11.3 Å². The summed E-state index contributed by atoms with van der Waals surface area (Å²) >= 11 is 0. The highest BCUT2D eigenvalue weighted by atomic mass is 16.6. The molecule has 0 heterocycles. The molecule has 0 aliphatic heterocycles. The van der Waals surface area contributed by atoms with Crippen LogP contribution in [0.15, 0.2) is 59.8 Å².